The highest BCUT2D eigenvalue weighted by Crippen LogP contribution is 2.45. The van der Waals surface area contributed by atoms with Gasteiger partial charge in [0, 0.05) is 17.1 Å². The molecule has 1 N–H and O–H groups in total. The lowest BCUT2D eigenvalue weighted by atomic mass is 9.80. The number of pyridine rings is 1. The fraction of sp³-hybridized carbons (Fsp3) is 0.296. The number of nitrogens with zero attached hydrogens (tertiary/aromatic N) is 1. The first-order chi connectivity index (χ1) is 13.6. The van der Waals surface area contributed by atoms with E-state index in [4.69, 9.17) is 4.98 Å². The van der Waals surface area contributed by atoms with Crippen molar-refractivity contribution in [3.63, 3.8) is 0 Å². The number of fused-ring (bicyclic) bond motifs is 2. The van der Waals surface area contributed by atoms with Gasteiger partial charge in [-0.3, -0.25) is 4.98 Å². The molecule has 1 heterocycles. The molecule has 0 bridgehead atoms. The number of hydrogen-bond acceptors (Lipinski definition) is 2. The van der Waals surface area contributed by atoms with Gasteiger partial charge in [0.05, 0.1) is 11.3 Å². The van der Waals surface area contributed by atoms with Crippen molar-refractivity contribution in [2.24, 2.45) is 0 Å². The van der Waals surface area contributed by atoms with Crippen LogP contribution in [0.25, 0.3) is 32.8 Å². The van der Waals surface area contributed by atoms with Crippen molar-refractivity contribution in [2.75, 3.05) is 0 Å². The van der Waals surface area contributed by atoms with Crippen LogP contribution in [0.5, 0.6) is 5.75 Å². The molecule has 0 atom stereocenters. The Balaban J connectivity index is 2.16. The standard InChI is InChI=1S/C27H29NO/c1-26(2,3)19-11-12-20-18(15-19)16-22(27(4,5)6)25(29)23(20)24-21-10-8-7-9-17(21)13-14-28-24/h7-16,29H,1-6H3. The lowest BCUT2D eigenvalue weighted by Crippen LogP contribution is -2.13. The molecule has 29 heavy (non-hydrogen) atoms. The molecule has 0 saturated heterocycles. The monoisotopic (exact) mass is 383 g/mol. The van der Waals surface area contributed by atoms with E-state index in [1.54, 1.807) is 0 Å². The van der Waals surface area contributed by atoms with E-state index in [2.05, 4.69) is 77.9 Å². The minimum atomic E-state index is -0.185. The van der Waals surface area contributed by atoms with Gasteiger partial charge in [-0.2, -0.15) is 0 Å². The Labute approximate surface area is 173 Å². The van der Waals surface area contributed by atoms with Crippen molar-refractivity contribution in [2.45, 2.75) is 52.4 Å². The summed E-state index contributed by atoms with van der Waals surface area (Å²) in [4.78, 5) is 4.72. The third-order valence-electron chi connectivity index (χ3n) is 5.70. The first-order valence-electron chi connectivity index (χ1n) is 10.2. The molecule has 0 fully saturated rings. The number of hydrogen-bond donors (Lipinski definition) is 1. The number of rotatable bonds is 1. The van der Waals surface area contributed by atoms with Gasteiger partial charge in [-0.25, -0.2) is 0 Å². The van der Waals surface area contributed by atoms with Crippen LogP contribution in [0, 0.1) is 0 Å². The number of aromatic hydroxyl groups is 1. The zero-order chi connectivity index (χ0) is 21.0. The van der Waals surface area contributed by atoms with Crippen LogP contribution < -0.4 is 0 Å². The molecule has 1 aromatic heterocycles. The molecular weight excluding hydrogens is 354 g/mol. The predicted molar refractivity (Wildman–Crippen MR) is 124 cm³/mol. The Bertz CT molecular complexity index is 1220. The number of benzene rings is 3. The topological polar surface area (TPSA) is 33.1 Å². The molecule has 0 spiro atoms. The van der Waals surface area contributed by atoms with Crippen LogP contribution in [-0.2, 0) is 10.8 Å². The van der Waals surface area contributed by atoms with Crippen LogP contribution >= 0.6 is 0 Å². The Morgan fingerprint density at radius 1 is 0.724 bits per heavy atom. The van der Waals surface area contributed by atoms with Crippen LogP contribution in [0.4, 0.5) is 0 Å². The van der Waals surface area contributed by atoms with Crippen molar-refractivity contribution in [3.05, 3.63) is 71.9 Å². The second-order valence-electron chi connectivity index (χ2n) is 9.96. The average molecular weight is 384 g/mol. The lowest BCUT2D eigenvalue weighted by Gasteiger charge is -2.25. The van der Waals surface area contributed by atoms with E-state index in [1.807, 2.05) is 24.4 Å². The molecular formula is C27H29NO. The molecule has 0 aliphatic rings. The highest BCUT2D eigenvalue weighted by molar-refractivity contribution is 6.07. The SMILES string of the molecule is CC(C)(C)c1ccc2c(-c3nccc4ccccc34)c(O)c(C(C)(C)C)cc2c1. The number of aromatic nitrogens is 1. The van der Waals surface area contributed by atoms with Crippen molar-refractivity contribution in [3.8, 4) is 17.0 Å². The largest absolute Gasteiger partial charge is 0.507 e. The first-order valence-corrected chi connectivity index (χ1v) is 10.2. The summed E-state index contributed by atoms with van der Waals surface area (Å²) >= 11 is 0. The zero-order valence-electron chi connectivity index (χ0n) is 18.2. The molecule has 0 aliphatic carbocycles. The van der Waals surface area contributed by atoms with Crippen molar-refractivity contribution in [1.82, 2.24) is 4.98 Å². The molecule has 3 aromatic carbocycles. The van der Waals surface area contributed by atoms with Crippen LogP contribution in [0.2, 0.25) is 0 Å². The van der Waals surface area contributed by atoms with Gasteiger partial charge >= 0.3 is 0 Å². The van der Waals surface area contributed by atoms with Crippen molar-refractivity contribution >= 4 is 21.5 Å². The average Bonchev–Trinajstić information content (AvgIpc) is 2.65. The highest BCUT2D eigenvalue weighted by atomic mass is 16.3. The minimum absolute atomic E-state index is 0.0613. The summed E-state index contributed by atoms with van der Waals surface area (Å²) in [5.41, 5.74) is 3.76. The summed E-state index contributed by atoms with van der Waals surface area (Å²) in [7, 11) is 0. The fourth-order valence-corrected chi connectivity index (χ4v) is 3.99. The maximum atomic E-state index is 11.4. The summed E-state index contributed by atoms with van der Waals surface area (Å²) in [6.45, 7) is 13.1. The van der Waals surface area contributed by atoms with Crippen LogP contribution in [-0.4, -0.2) is 10.1 Å². The van der Waals surface area contributed by atoms with Gasteiger partial charge in [0.1, 0.15) is 5.75 Å². The van der Waals surface area contributed by atoms with E-state index in [1.165, 1.54) is 5.56 Å². The van der Waals surface area contributed by atoms with E-state index >= 15 is 0 Å². The minimum Gasteiger partial charge on any atom is -0.507 e. The first kappa shape index (κ1) is 19.4. The smallest absolute Gasteiger partial charge is 0.129 e. The molecule has 0 unspecified atom stereocenters. The Morgan fingerprint density at radius 2 is 1.45 bits per heavy atom. The third-order valence-corrected chi connectivity index (χ3v) is 5.70. The summed E-state index contributed by atoms with van der Waals surface area (Å²) in [6.07, 6.45) is 1.83. The fourth-order valence-electron chi connectivity index (χ4n) is 3.99. The molecule has 0 amide bonds. The Hall–Kier alpha value is -2.87. The van der Waals surface area contributed by atoms with E-state index in [0.717, 1.165) is 38.4 Å². The second kappa shape index (κ2) is 6.59. The molecule has 0 radical (unpaired) electrons. The lowest BCUT2D eigenvalue weighted by molar-refractivity contribution is 0.449. The molecule has 4 rings (SSSR count). The van der Waals surface area contributed by atoms with E-state index in [0.29, 0.717) is 5.75 Å². The summed E-state index contributed by atoms with van der Waals surface area (Å²) in [6, 6.07) is 19.0. The highest BCUT2D eigenvalue weighted by Gasteiger charge is 2.25. The molecule has 2 heteroatoms. The van der Waals surface area contributed by atoms with Gasteiger partial charge < -0.3 is 5.11 Å². The maximum Gasteiger partial charge on any atom is 0.129 e. The Morgan fingerprint density at radius 3 is 2.14 bits per heavy atom. The van der Waals surface area contributed by atoms with Crippen LogP contribution in [0.15, 0.2) is 60.8 Å². The molecule has 4 aromatic rings. The van der Waals surface area contributed by atoms with Gasteiger partial charge in [-0.05, 0) is 44.7 Å². The summed E-state index contributed by atoms with van der Waals surface area (Å²) in [5.74, 6) is 0.331. The molecule has 0 aliphatic heterocycles. The van der Waals surface area contributed by atoms with Gasteiger partial charge in [-0.15, -0.1) is 0 Å². The second-order valence-corrected chi connectivity index (χ2v) is 9.96. The molecule has 2 nitrogen and oxygen atoms in total. The number of phenolic OH excluding ortho intramolecular Hbond substituents is 1. The van der Waals surface area contributed by atoms with Gasteiger partial charge in [0.15, 0.2) is 0 Å². The normalized spacial score (nSPS) is 12.6. The van der Waals surface area contributed by atoms with E-state index in [-0.39, 0.29) is 10.8 Å². The molecule has 0 saturated carbocycles. The van der Waals surface area contributed by atoms with Gasteiger partial charge in [0.25, 0.3) is 0 Å². The summed E-state index contributed by atoms with van der Waals surface area (Å²) < 4.78 is 0. The van der Waals surface area contributed by atoms with Crippen molar-refractivity contribution in [1.29, 1.82) is 0 Å². The quantitative estimate of drug-likeness (QED) is 0.372. The summed E-state index contributed by atoms with van der Waals surface area (Å²) in [5, 5.41) is 15.8. The Kier molecular flexibility index (Phi) is 4.42. The van der Waals surface area contributed by atoms with Gasteiger partial charge in [-0.1, -0.05) is 84.0 Å². The maximum absolute atomic E-state index is 11.4. The van der Waals surface area contributed by atoms with E-state index < -0.39 is 0 Å². The predicted octanol–water partition coefficient (Wildman–Crippen LogP) is 7.36. The number of phenols is 1. The van der Waals surface area contributed by atoms with Crippen molar-refractivity contribution < 1.29 is 5.11 Å². The van der Waals surface area contributed by atoms with Crippen LogP contribution in [0.1, 0.15) is 52.7 Å². The van der Waals surface area contributed by atoms with Crippen LogP contribution in [0.3, 0.4) is 0 Å². The third kappa shape index (κ3) is 3.37. The zero-order valence-corrected chi connectivity index (χ0v) is 18.2. The molecule has 148 valence electrons. The van der Waals surface area contributed by atoms with Gasteiger partial charge in [0.2, 0.25) is 0 Å². The van der Waals surface area contributed by atoms with E-state index in [9.17, 15) is 5.11 Å².